The molecular formula is C11H19BrN2O. The normalized spacial score (nSPS) is 11.6. The zero-order chi connectivity index (χ0) is 11.3. The Labute approximate surface area is 100.0 Å². The van der Waals surface area contributed by atoms with Crippen LogP contribution in [0.5, 0.6) is 0 Å². The number of hydrogen-bond donors (Lipinski definition) is 1. The fourth-order valence-corrected chi connectivity index (χ4v) is 1.67. The monoisotopic (exact) mass is 274 g/mol. The molecule has 1 aromatic rings. The van der Waals surface area contributed by atoms with E-state index in [1.807, 2.05) is 12.1 Å². The maximum Gasteiger partial charge on any atom is 0.169 e. The van der Waals surface area contributed by atoms with Crippen molar-refractivity contribution in [3.8, 4) is 0 Å². The van der Waals surface area contributed by atoms with Crippen molar-refractivity contribution >= 4 is 15.9 Å². The highest BCUT2D eigenvalue weighted by molar-refractivity contribution is 9.10. The zero-order valence-corrected chi connectivity index (χ0v) is 11.2. The molecule has 0 amide bonds. The molecule has 0 spiro atoms. The van der Waals surface area contributed by atoms with Crippen LogP contribution in [-0.2, 0) is 6.54 Å². The maximum atomic E-state index is 5.44. The molecule has 0 aromatic carbocycles. The molecule has 3 nitrogen and oxygen atoms in total. The van der Waals surface area contributed by atoms with E-state index in [0.29, 0.717) is 6.04 Å². The second-order valence-corrected chi connectivity index (χ2v) is 4.83. The molecule has 0 atom stereocenters. The van der Waals surface area contributed by atoms with Crippen LogP contribution in [-0.4, -0.2) is 31.1 Å². The van der Waals surface area contributed by atoms with Gasteiger partial charge in [-0.2, -0.15) is 0 Å². The molecule has 86 valence electrons. The molecule has 1 aromatic heterocycles. The first-order valence-electron chi connectivity index (χ1n) is 5.24. The van der Waals surface area contributed by atoms with Gasteiger partial charge in [-0.3, -0.25) is 4.90 Å². The van der Waals surface area contributed by atoms with E-state index in [-0.39, 0.29) is 0 Å². The molecule has 0 aliphatic heterocycles. The quantitative estimate of drug-likeness (QED) is 0.864. The van der Waals surface area contributed by atoms with Gasteiger partial charge in [-0.1, -0.05) is 13.8 Å². The van der Waals surface area contributed by atoms with E-state index < -0.39 is 0 Å². The van der Waals surface area contributed by atoms with E-state index in [9.17, 15) is 0 Å². The van der Waals surface area contributed by atoms with E-state index in [1.54, 1.807) is 0 Å². The fraction of sp³-hybridized carbons (Fsp3) is 0.636. The summed E-state index contributed by atoms with van der Waals surface area (Å²) in [6, 6.07) is 4.47. The van der Waals surface area contributed by atoms with Gasteiger partial charge in [0.05, 0.1) is 6.54 Å². The third-order valence-corrected chi connectivity index (χ3v) is 2.53. The number of nitrogens with one attached hydrogen (secondary N) is 1. The summed E-state index contributed by atoms with van der Waals surface area (Å²) in [5, 5.41) is 3.39. The summed E-state index contributed by atoms with van der Waals surface area (Å²) in [5.74, 6) is 0.994. The Morgan fingerprint density at radius 1 is 1.47 bits per heavy atom. The molecule has 0 saturated heterocycles. The molecule has 1 heterocycles. The second-order valence-electron chi connectivity index (χ2n) is 4.05. The molecule has 0 bridgehead atoms. The lowest BCUT2D eigenvalue weighted by atomic mass is 10.3. The first-order chi connectivity index (χ1) is 7.08. The van der Waals surface area contributed by atoms with Gasteiger partial charge in [0.1, 0.15) is 5.76 Å². The Balaban J connectivity index is 2.21. The molecule has 4 heteroatoms. The number of likely N-dealkylation sites (N-methyl/N-ethyl adjacent to an activating group) is 1. The SMILES string of the molecule is CC(C)NCCN(C)Cc1ccc(Br)o1. The molecule has 1 rings (SSSR count). The number of rotatable bonds is 6. The third-order valence-electron chi connectivity index (χ3n) is 2.10. The zero-order valence-electron chi connectivity index (χ0n) is 9.59. The lowest BCUT2D eigenvalue weighted by Crippen LogP contribution is -2.32. The van der Waals surface area contributed by atoms with Crippen LogP contribution in [0, 0.1) is 0 Å². The molecule has 0 fully saturated rings. The van der Waals surface area contributed by atoms with Crippen LogP contribution in [0.3, 0.4) is 0 Å². The summed E-state index contributed by atoms with van der Waals surface area (Å²) in [5.41, 5.74) is 0. The average molecular weight is 275 g/mol. The Morgan fingerprint density at radius 3 is 2.73 bits per heavy atom. The summed E-state index contributed by atoms with van der Waals surface area (Å²) >= 11 is 3.30. The molecular weight excluding hydrogens is 256 g/mol. The van der Waals surface area contributed by atoms with Crippen molar-refractivity contribution < 1.29 is 4.42 Å². The van der Waals surface area contributed by atoms with Crippen molar-refractivity contribution in [2.24, 2.45) is 0 Å². The predicted octanol–water partition coefficient (Wildman–Crippen LogP) is 2.47. The number of nitrogens with zero attached hydrogens (tertiary/aromatic N) is 1. The summed E-state index contributed by atoms with van der Waals surface area (Å²) < 4.78 is 6.23. The van der Waals surface area contributed by atoms with Crippen molar-refractivity contribution in [1.82, 2.24) is 10.2 Å². The minimum absolute atomic E-state index is 0.552. The van der Waals surface area contributed by atoms with Crippen LogP contribution in [0.25, 0.3) is 0 Å². The molecule has 1 N–H and O–H groups in total. The summed E-state index contributed by atoms with van der Waals surface area (Å²) in [6.45, 7) is 7.20. The molecule has 0 saturated carbocycles. The van der Waals surface area contributed by atoms with Gasteiger partial charge in [-0.15, -0.1) is 0 Å². The minimum Gasteiger partial charge on any atom is -0.453 e. The highest BCUT2D eigenvalue weighted by atomic mass is 79.9. The van der Waals surface area contributed by atoms with Crippen LogP contribution in [0.4, 0.5) is 0 Å². The van der Waals surface area contributed by atoms with Crippen molar-refractivity contribution in [3.63, 3.8) is 0 Å². The Bertz CT molecular complexity index is 286. The maximum absolute atomic E-state index is 5.44. The lowest BCUT2D eigenvalue weighted by Gasteiger charge is -2.16. The van der Waals surface area contributed by atoms with Gasteiger partial charge in [0.2, 0.25) is 0 Å². The molecule has 15 heavy (non-hydrogen) atoms. The first kappa shape index (κ1) is 12.7. The van der Waals surface area contributed by atoms with E-state index in [1.165, 1.54) is 0 Å². The first-order valence-corrected chi connectivity index (χ1v) is 6.03. The molecule has 0 aliphatic rings. The van der Waals surface area contributed by atoms with Gasteiger partial charge in [-0.25, -0.2) is 0 Å². The smallest absolute Gasteiger partial charge is 0.169 e. The van der Waals surface area contributed by atoms with E-state index in [2.05, 4.69) is 47.0 Å². The average Bonchev–Trinajstić information content (AvgIpc) is 2.50. The highest BCUT2D eigenvalue weighted by Crippen LogP contribution is 2.14. The van der Waals surface area contributed by atoms with Crippen LogP contribution in [0.15, 0.2) is 21.2 Å². The largest absolute Gasteiger partial charge is 0.453 e. The number of furan rings is 1. The molecule has 0 aliphatic carbocycles. The highest BCUT2D eigenvalue weighted by Gasteiger charge is 2.04. The molecule has 0 radical (unpaired) electrons. The topological polar surface area (TPSA) is 28.4 Å². The van der Waals surface area contributed by atoms with Crippen LogP contribution < -0.4 is 5.32 Å². The second kappa shape index (κ2) is 6.30. The van der Waals surface area contributed by atoms with Crippen LogP contribution in [0.1, 0.15) is 19.6 Å². The summed E-state index contributed by atoms with van der Waals surface area (Å²) in [7, 11) is 2.10. The molecule has 0 unspecified atom stereocenters. The van der Waals surface area contributed by atoms with Crippen molar-refractivity contribution in [2.45, 2.75) is 26.4 Å². The number of halogens is 1. The van der Waals surface area contributed by atoms with E-state index >= 15 is 0 Å². The minimum atomic E-state index is 0.552. The van der Waals surface area contributed by atoms with Gasteiger partial charge in [0.25, 0.3) is 0 Å². The number of hydrogen-bond acceptors (Lipinski definition) is 3. The van der Waals surface area contributed by atoms with Gasteiger partial charge < -0.3 is 9.73 Å². The van der Waals surface area contributed by atoms with Crippen molar-refractivity contribution in [3.05, 3.63) is 22.6 Å². The van der Waals surface area contributed by atoms with Gasteiger partial charge in [0, 0.05) is 19.1 Å². The van der Waals surface area contributed by atoms with Crippen LogP contribution >= 0.6 is 15.9 Å². The summed E-state index contributed by atoms with van der Waals surface area (Å²) in [6.07, 6.45) is 0. The third kappa shape index (κ3) is 5.35. The van der Waals surface area contributed by atoms with Gasteiger partial charge in [-0.05, 0) is 35.1 Å². The lowest BCUT2D eigenvalue weighted by molar-refractivity contribution is 0.288. The Hall–Kier alpha value is -0.320. The van der Waals surface area contributed by atoms with E-state index in [0.717, 1.165) is 30.1 Å². The Kier molecular flexibility index (Phi) is 5.36. The van der Waals surface area contributed by atoms with Gasteiger partial charge >= 0.3 is 0 Å². The summed E-state index contributed by atoms with van der Waals surface area (Å²) in [4.78, 5) is 2.24. The van der Waals surface area contributed by atoms with Crippen LogP contribution in [0.2, 0.25) is 0 Å². The predicted molar refractivity (Wildman–Crippen MR) is 65.9 cm³/mol. The van der Waals surface area contributed by atoms with Crippen molar-refractivity contribution in [1.29, 1.82) is 0 Å². The van der Waals surface area contributed by atoms with Crippen molar-refractivity contribution in [2.75, 3.05) is 20.1 Å². The Morgan fingerprint density at radius 2 is 2.20 bits per heavy atom. The standard InChI is InChI=1S/C11H19BrN2O/c1-9(2)13-6-7-14(3)8-10-4-5-11(12)15-10/h4-5,9,13H,6-8H2,1-3H3. The van der Waals surface area contributed by atoms with Gasteiger partial charge in [0.15, 0.2) is 4.67 Å². The van der Waals surface area contributed by atoms with E-state index in [4.69, 9.17) is 4.42 Å². The fourth-order valence-electron chi connectivity index (χ4n) is 1.33.